The van der Waals surface area contributed by atoms with E-state index in [0.717, 1.165) is 0 Å². The number of hydrogen-bond donors (Lipinski definition) is 0. The number of rotatable bonds is 6. The third-order valence-electron chi connectivity index (χ3n) is 1.52. The van der Waals surface area contributed by atoms with Gasteiger partial charge in [0.05, 0.1) is 0 Å². The molecule has 0 aliphatic carbocycles. The van der Waals surface area contributed by atoms with Gasteiger partial charge >= 0.3 is 6.16 Å². The fourth-order valence-electron chi connectivity index (χ4n) is 0.669. The fraction of sp³-hybridized carbons (Fsp3) is 0.889. The van der Waals surface area contributed by atoms with Crippen molar-refractivity contribution in [1.29, 1.82) is 0 Å². The molecule has 0 aromatic carbocycles. The van der Waals surface area contributed by atoms with Crippen molar-refractivity contribution in [3.63, 3.8) is 0 Å². The van der Waals surface area contributed by atoms with E-state index < -0.39 is 44.1 Å². The van der Waals surface area contributed by atoms with Gasteiger partial charge in [-0.15, -0.1) is 0 Å². The Balaban J connectivity index is 3.53. The number of halogens is 4. The molecule has 0 fully saturated rings. The molecule has 0 spiro atoms. The van der Waals surface area contributed by atoms with Gasteiger partial charge in [-0.05, 0) is 13.8 Å². The van der Waals surface area contributed by atoms with E-state index in [0.29, 0.717) is 13.8 Å². The summed E-state index contributed by atoms with van der Waals surface area (Å²) in [6, 6.07) is 0. The maximum absolute atomic E-state index is 12.2. The predicted molar refractivity (Wildman–Crippen MR) is 47.8 cm³/mol. The van der Waals surface area contributed by atoms with Gasteiger partial charge in [-0.1, -0.05) is 0 Å². The van der Waals surface area contributed by atoms with Gasteiger partial charge in [0, 0.05) is 12.8 Å². The highest BCUT2D eigenvalue weighted by molar-refractivity contribution is 5.59. The number of alkyl halides is 4. The topological polar surface area (TPSA) is 35.5 Å². The lowest BCUT2D eigenvalue weighted by molar-refractivity contribution is -0.0283. The van der Waals surface area contributed by atoms with Crippen LogP contribution < -0.4 is 0 Å². The van der Waals surface area contributed by atoms with Gasteiger partial charge < -0.3 is 9.47 Å². The first-order chi connectivity index (χ1) is 7.10. The molecule has 0 heterocycles. The second-order valence-corrected chi connectivity index (χ2v) is 3.59. The Morgan fingerprint density at radius 2 is 1.25 bits per heavy atom. The van der Waals surface area contributed by atoms with Crippen LogP contribution >= 0.6 is 0 Å². The summed E-state index contributed by atoms with van der Waals surface area (Å²) in [7, 11) is 0. The van der Waals surface area contributed by atoms with Gasteiger partial charge in [0.1, 0.15) is 13.2 Å². The van der Waals surface area contributed by atoms with Crippen molar-refractivity contribution < 1.29 is 31.8 Å². The molecule has 96 valence electrons. The van der Waals surface area contributed by atoms with Gasteiger partial charge in [0.25, 0.3) is 0 Å². The van der Waals surface area contributed by atoms with Crippen molar-refractivity contribution in [2.75, 3.05) is 13.2 Å². The van der Waals surface area contributed by atoms with Crippen molar-refractivity contribution in [3.05, 3.63) is 0 Å². The van der Waals surface area contributed by atoms with Crippen LogP contribution in [-0.4, -0.2) is 31.2 Å². The molecule has 0 N–H and O–H groups in total. The fourth-order valence-corrected chi connectivity index (χ4v) is 0.669. The van der Waals surface area contributed by atoms with Crippen LogP contribution in [0.2, 0.25) is 0 Å². The molecular formula is C9H14F4O3. The third-order valence-corrected chi connectivity index (χ3v) is 1.52. The summed E-state index contributed by atoms with van der Waals surface area (Å²) in [5.41, 5.74) is 0. The van der Waals surface area contributed by atoms with Crippen molar-refractivity contribution in [2.24, 2.45) is 0 Å². The van der Waals surface area contributed by atoms with Crippen LogP contribution in [0.4, 0.5) is 22.4 Å². The Bertz CT molecular complexity index is 198. The molecule has 3 nitrogen and oxygen atoms in total. The van der Waals surface area contributed by atoms with Crippen molar-refractivity contribution in [2.45, 2.75) is 38.5 Å². The maximum Gasteiger partial charge on any atom is 0.508 e. The largest absolute Gasteiger partial charge is 0.508 e. The smallest absolute Gasteiger partial charge is 0.434 e. The molecular weight excluding hydrogens is 232 g/mol. The first-order valence-electron chi connectivity index (χ1n) is 4.65. The van der Waals surface area contributed by atoms with Crippen LogP contribution in [0, 0.1) is 0 Å². The van der Waals surface area contributed by atoms with E-state index in [9.17, 15) is 22.4 Å². The first-order valence-corrected chi connectivity index (χ1v) is 4.65. The van der Waals surface area contributed by atoms with E-state index in [4.69, 9.17) is 0 Å². The monoisotopic (exact) mass is 246 g/mol. The molecule has 0 aliphatic rings. The number of ether oxygens (including phenoxy) is 2. The summed E-state index contributed by atoms with van der Waals surface area (Å²) in [5.74, 6) is -5.87. The lowest BCUT2D eigenvalue weighted by Gasteiger charge is -2.11. The van der Waals surface area contributed by atoms with E-state index in [1.807, 2.05) is 0 Å². The standard InChI is InChI=1S/C9H14F4O3/c1-8(10,11)3-5-15-7(14)16-6-4-9(2,12)13/h3-6H2,1-2H3. The number of carbonyl (C=O) groups excluding carboxylic acids is 1. The molecule has 0 amide bonds. The highest BCUT2D eigenvalue weighted by Crippen LogP contribution is 2.17. The van der Waals surface area contributed by atoms with Crippen LogP contribution in [0.5, 0.6) is 0 Å². The molecule has 0 radical (unpaired) electrons. The zero-order chi connectivity index (χ0) is 12.8. The van der Waals surface area contributed by atoms with Gasteiger partial charge in [-0.25, -0.2) is 22.4 Å². The van der Waals surface area contributed by atoms with E-state index in [-0.39, 0.29) is 0 Å². The highest BCUT2D eigenvalue weighted by atomic mass is 19.3. The summed E-state index contributed by atoms with van der Waals surface area (Å²) < 4.78 is 57.5. The van der Waals surface area contributed by atoms with Crippen LogP contribution in [0.15, 0.2) is 0 Å². The summed E-state index contributed by atoms with van der Waals surface area (Å²) in [5, 5.41) is 0. The second-order valence-electron chi connectivity index (χ2n) is 3.59. The molecule has 0 rings (SSSR count). The maximum atomic E-state index is 12.2. The minimum Gasteiger partial charge on any atom is -0.434 e. The lowest BCUT2D eigenvalue weighted by atomic mass is 10.3. The molecule has 0 atom stereocenters. The van der Waals surface area contributed by atoms with Gasteiger partial charge in [-0.3, -0.25) is 0 Å². The average molecular weight is 246 g/mol. The quantitative estimate of drug-likeness (QED) is 0.533. The summed E-state index contributed by atoms with van der Waals surface area (Å²) >= 11 is 0. The molecule has 0 saturated heterocycles. The van der Waals surface area contributed by atoms with Gasteiger partial charge in [-0.2, -0.15) is 0 Å². The minimum absolute atomic E-state index is 0.509. The van der Waals surface area contributed by atoms with Gasteiger partial charge in [0.15, 0.2) is 0 Å². The highest BCUT2D eigenvalue weighted by Gasteiger charge is 2.23. The van der Waals surface area contributed by atoms with Crippen molar-refractivity contribution in [1.82, 2.24) is 0 Å². The normalized spacial score (nSPS) is 12.4. The van der Waals surface area contributed by atoms with Crippen molar-refractivity contribution >= 4 is 6.16 Å². The molecule has 0 aliphatic heterocycles. The summed E-state index contributed by atoms with van der Waals surface area (Å²) in [6.45, 7) is 0.342. The van der Waals surface area contributed by atoms with Crippen molar-refractivity contribution in [3.8, 4) is 0 Å². The Morgan fingerprint density at radius 1 is 0.938 bits per heavy atom. The number of hydrogen-bond acceptors (Lipinski definition) is 3. The van der Waals surface area contributed by atoms with E-state index >= 15 is 0 Å². The van der Waals surface area contributed by atoms with Gasteiger partial charge in [0.2, 0.25) is 11.8 Å². The Morgan fingerprint density at radius 3 is 1.50 bits per heavy atom. The summed E-state index contributed by atoms with van der Waals surface area (Å²) in [6.07, 6.45) is -2.48. The zero-order valence-electron chi connectivity index (χ0n) is 9.07. The van der Waals surface area contributed by atoms with Crippen LogP contribution in [-0.2, 0) is 9.47 Å². The first kappa shape index (κ1) is 15.0. The molecule has 16 heavy (non-hydrogen) atoms. The van der Waals surface area contributed by atoms with E-state index in [2.05, 4.69) is 9.47 Å². The molecule has 0 unspecified atom stereocenters. The average Bonchev–Trinajstić information content (AvgIpc) is 1.98. The minimum atomic E-state index is -2.93. The van der Waals surface area contributed by atoms with E-state index in [1.165, 1.54) is 0 Å². The van der Waals surface area contributed by atoms with Crippen LogP contribution in [0.3, 0.4) is 0 Å². The van der Waals surface area contributed by atoms with E-state index in [1.54, 1.807) is 0 Å². The second kappa shape index (κ2) is 5.91. The molecule has 0 aromatic rings. The Labute approximate surface area is 90.7 Å². The zero-order valence-corrected chi connectivity index (χ0v) is 9.07. The molecule has 0 aromatic heterocycles. The molecule has 0 saturated carbocycles. The predicted octanol–water partition coefficient (Wildman–Crippen LogP) is 3.23. The molecule has 0 bridgehead atoms. The lowest BCUT2D eigenvalue weighted by Crippen LogP contribution is -2.19. The number of carbonyl (C=O) groups is 1. The van der Waals surface area contributed by atoms with Crippen LogP contribution in [0.1, 0.15) is 26.7 Å². The SMILES string of the molecule is CC(F)(F)CCOC(=O)OCCC(C)(F)F. The Hall–Kier alpha value is -1.01. The van der Waals surface area contributed by atoms with Crippen LogP contribution in [0.25, 0.3) is 0 Å². The summed E-state index contributed by atoms with van der Waals surface area (Å²) in [4.78, 5) is 10.7. The molecule has 7 heteroatoms. The third kappa shape index (κ3) is 11.1. The Kier molecular flexibility index (Phi) is 5.53.